The van der Waals surface area contributed by atoms with E-state index >= 15 is 0 Å². The van der Waals surface area contributed by atoms with E-state index in [1.807, 2.05) is 36.4 Å². The van der Waals surface area contributed by atoms with Crippen LogP contribution in [0.3, 0.4) is 0 Å². The highest BCUT2D eigenvalue weighted by atomic mass is 16.6. The van der Waals surface area contributed by atoms with Gasteiger partial charge in [-0.05, 0) is 64.4 Å². The van der Waals surface area contributed by atoms with E-state index in [9.17, 15) is 33.9 Å². The number of carbonyl (C=O) groups excluding carboxylic acids is 4. The number of epoxide rings is 1. The number of ether oxygens (including phenoxy) is 5. The summed E-state index contributed by atoms with van der Waals surface area (Å²) in [7, 11) is 0. The number of rotatable bonds is 37. The van der Waals surface area contributed by atoms with Gasteiger partial charge in [0.25, 0.3) is 0 Å². The topological polar surface area (TPSA) is 256 Å². The number of carboxylic acid groups (broad SMARTS) is 2. The van der Waals surface area contributed by atoms with Gasteiger partial charge in [-0.1, -0.05) is 200 Å². The third kappa shape index (κ3) is 74.3. The minimum absolute atomic E-state index is 0.0465. The lowest BCUT2D eigenvalue weighted by Gasteiger charge is -2.13. The predicted octanol–water partition coefficient (Wildman–Crippen LogP) is 12.6. The molecule has 2 saturated heterocycles. The fraction of sp³-hybridized carbons (Fsp3) is 0.631. The van der Waals surface area contributed by atoms with Crippen molar-refractivity contribution in [1.82, 2.24) is 4.90 Å². The highest BCUT2D eigenvalue weighted by Gasteiger charge is 2.24. The van der Waals surface area contributed by atoms with Crippen LogP contribution in [0.25, 0.3) is 6.08 Å². The van der Waals surface area contributed by atoms with Crippen LogP contribution in [0.2, 0.25) is 0 Å². The van der Waals surface area contributed by atoms with Crippen molar-refractivity contribution in [2.24, 2.45) is 5.92 Å². The van der Waals surface area contributed by atoms with Crippen molar-refractivity contribution in [2.75, 3.05) is 65.9 Å². The molecule has 2 fully saturated rings. The molecule has 0 radical (unpaired) electrons. The van der Waals surface area contributed by atoms with E-state index in [1.165, 1.54) is 95.9 Å². The summed E-state index contributed by atoms with van der Waals surface area (Å²) in [5.41, 5.74) is 2.25. The predicted molar refractivity (Wildman–Crippen MR) is 330 cm³/mol. The van der Waals surface area contributed by atoms with Gasteiger partial charge in [0.05, 0.1) is 39.1 Å². The van der Waals surface area contributed by atoms with Crippen molar-refractivity contribution in [1.29, 1.82) is 0 Å². The molecule has 2 heterocycles. The van der Waals surface area contributed by atoms with Crippen LogP contribution >= 0.6 is 0 Å². The summed E-state index contributed by atoms with van der Waals surface area (Å²) in [5.74, 6) is -2.53. The van der Waals surface area contributed by atoms with Gasteiger partial charge in [-0.3, -0.25) is 9.69 Å². The molecule has 3 unspecified atom stereocenters. The lowest BCUT2D eigenvalue weighted by Crippen LogP contribution is -2.12. The number of esters is 4. The fourth-order valence-electron chi connectivity index (χ4n) is 5.94. The van der Waals surface area contributed by atoms with Gasteiger partial charge in [0.15, 0.2) is 0 Å². The number of β-amino-alcohol motifs (C(OH)–C–C–N with tert-alkyl or cyclic N) is 1. The molecular formula is C65H111NO16. The van der Waals surface area contributed by atoms with Gasteiger partial charge in [0, 0.05) is 54.9 Å². The van der Waals surface area contributed by atoms with Crippen LogP contribution in [0.5, 0.6) is 0 Å². The lowest BCUT2D eigenvalue weighted by molar-refractivity contribution is -0.140. The third-order valence-electron chi connectivity index (χ3n) is 11.3. The largest absolute Gasteiger partial charge is 0.481 e. The van der Waals surface area contributed by atoms with Gasteiger partial charge in [-0.25, -0.2) is 24.0 Å². The number of carbonyl (C=O) groups is 6. The molecule has 1 aromatic carbocycles. The standard InChI is InChI=1S/C18H36O3.C11H20O2.C8H14O2.C8H8.C7H10O3.C5H8O3.C4H9NO.C4H6O2/c1-2-3-4-11-14-17(19)15-12-9-7-5-6-8-10-13-16-18(20)21;1-4-7-8-10(5-2)9-13-11(12)6-3;1-4-5-6-10-8(9)7(2)3;1-2-8-6-4-3-5-7-8;1-5(2)7(8)10-4-6-3-9-6;1-2-5(7)8-4-3-6;6-4-3-5-1-2-5;1-3(2)4(5)6/h17,19H,2-16H2,1H3,(H,20,21);6,10H,3-5,7-9H2,1-2H3;2,4-6H2,1,3H3;2-7H,1H2;6H,1,3-4H2,2H3;2,6H,1,3-4H2;6H,1-4H2;1H2,2H3,(H,5,6). The molecule has 3 rings (SSSR count). The molecule has 2 aliphatic heterocycles. The molecule has 82 heavy (non-hydrogen) atoms. The minimum Gasteiger partial charge on any atom is -0.481 e. The highest BCUT2D eigenvalue weighted by Crippen LogP contribution is 2.15. The Morgan fingerprint density at radius 1 is 0.622 bits per heavy atom. The number of aliphatic hydroxyl groups excluding tert-OH is 3. The van der Waals surface area contributed by atoms with E-state index in [0.29, 0.717) is 56.5 Å². The van der Waals surface area contributed by atoms with E-state index in [0.717, 1.165) is 76.8 Å². The Morgan fingerprint density at radius 2 is 1.10 bits per heavy atom. The van der Waals surface area contributed by atoms with Crippen LogP contribution in [0.15, 0.2) is 98.7 Å². The summed E-state index contributed by atoms with van der Waals surface area (Å²) in [6.45, 7) is 39.1. The van der Waals surface area contributed by atoms with Crippen molar-refractivity contribution < 1.29 is 78.0 Å². The molecule has 3 atom stereocenters. The Kier molecular flexibility index (Phi) is 66.9. The van der Waals surface area contributed by atoms with Crippen LogP contribution < -0.4 is 0 Å². The second kappa shape index (κ2) is 64.4. The van der Waals surface area contributed by atoms with Crippen LogP contribution in [0.4, 0.5) is 0 Å². The number of unbranched alkanes of at least 4 members (excludes halogenated alkanes) is 12. The summed E-state index contributed by atoms with van der Waals surface area (Å²) in [6.07, 6.45) is 27.1. The Balaban J connectivity index is -0.000000286. The molecule has 0 aromatic heterocycles. The van der Waals surface area contributed by atoms with Crippen molar-refractivity contribution in [3.8, 4) is 0 Å². The van der Waals surface area contributed by atoms with Crippen LogP contribution in [0.1, 0.15) is 189 Å². The first-order valence-corrected chi connectivity index (χ1v) is 29.4. The monoisotopic (exact) mass is 1160 g/mol. The summed E-state index contributed by atoms with van der Waals surface area (Å²) in [4.78, 5) is 64.4. The molecule has 0 amide bonds. The van der Waals surface area contributed by atoms with Crippen molar-refractivity contribution in [3.63, 3.8) is 0 Å². The molecule has 0 spiro atoms. The SMILES string of the molecule is C=C(C)C(=O)O.C=C(C)C(=O)OCC1CO1.C=C(C)C(=O)OCCCC.C=CC(=O)OCC(CC)CCCC.C=CC(=O)OCCO.C=Cc1ccccc1.CCCCCCC(O)CCCCCCCCCCC(=O)O.OCCN1CC1. The van der Waals surface area contributed by atoms with Crippen LogP contribution in [-0.4, -0.2) is 144 Å². The number of benzene rings is 1. The van der Waals surface area contributed by atoms with Crippen molar-refractivity contribution >= 4 is 41.9 Å². The molecule has 472 valence electrons. The molecule has 17 heteroatoms. The molecule has 0 saturated carbocycles. The Labute approximate surface area is 494 Å². The van der Waals surface area contributed by atoms with Gasteiger partial charge in [-0.2, -0.15) is 0 Å². The fourth-order valence-corrected chi connectivity index (χ4v) is 5.94. The zero-order chi connectivity index (χ0) is 63.2. The summed E-state index contributed by atoms with van der Waals surface area (Å²) in [5, 5.41) is 42.6. The number of hydrogen-bond acceptors (Lipinski definition) is 15. The average Bonchev–Trinajstić information content (AvgIpc) is 4.43. The maximum atomic E-state index is 10.8. The van der Waals surface area contributed by atoms with Gasteiger partial charge < -0.3 is 49.2 Å². The van der Waals surface area contributed by atoms with E-state index in [1.54, 1.807) is 13.8 Å². The summed E-state index contributed by atoms with van der Waals surface area (Å²) < 4.78 is 23.7. The number of aliphatic hydroxyl groups is 3. The molecule has 5 N–H and O–H groups in total. The van der Waals surface area contributed by atoms with Crippen molar-refractivity contribution in [2.45, 2.75) is 196 Å². The van der Waals surface area contributed by atoms with Crippen LogP contribution in [0, 0.1) is 5.92 Å². The third-order valence-corrected chi connectivity index (χ3v) is 11.3. The Bertz CT molecular complexity index is 1800. The summed E-state index contributed by atoms with van der Waals surface area (Å²) in [6, 6.07) is 10.0. The highest BCUT2D eigenvalue weighted by molar-refractivity contribution is 5.87. The van der Waals surface area contributed by atoms with Gasteiger partial charge >= 0.3 is 35.8 Å². The first-order valence-electron chi connectivity index (χ1n) is 29.4. The first-order chi connectivity index (χ1) is 39.1. The molecule has 1 aromatic rings. The maximum Gasteiger partial charge on any atom is 0.333 e. The second-order valence-corrected chi connectivity index (χ2v) is 19.5. The normalized spacial score (nSPS) is 12.6. The first kappa shape index (κ1) is 85.1. The second-order valence-electron chi connectivity index (χ2n) is 19.5. The van der Waals surface area contributed by atoms with Gasteiger partial charge in [0.1, 0.15) is 19.3 Å². The smallest absolute Gasteiger partial charge is 0.333 e. The van der Waals surface area contributed by atoms with E-state index in [2.05, 4.69) is 76.8 Å². The molecule has 17 nitrogen and oxygen atoms in total. The molecule has 0 bridgehead atoms. The zero-order valence-electron chi connectivity index (χ0n) is 51.7. The number of hydrogen-bond donors (Lipinski definition) is 5. The number of aliphatic carboxylic acids is 2. The Morgan fingerprint density at radius 3 is 1.48 bits per heavy atom. The maximum absolute atomic E-state index is 10.8. The van der Waals surface area contributed by atoms with Crippen molar-refractivity contribution in [3.05, 3.63) is 104 Å². The zero-order valence-corrected chi connectivity index (χ0v) is 51.7. The molecule has 0 aliphatic carbocycles. The molecule has 2 aliphatic rings. The average molecular weight is 1160 g/mol. The number of nitrogens with zero attached hydrogens (tertiary/aromatic N) is 1. The Hall–Kier alpha value is -5.72. The summed E-state index contributed by atoms with van der Waals surface area (Å²) >= 11 is 0. The minimum atomic E-state index is -0.935. The van der Waals surface area contributed by atoms with Gasteiger partial charge in [-0.15, -0.1) is 0 Å². The lowest BCUT2D eigenvalue weighted by atomic mass is 10.0. The molecular weight excluding hydrogens is 1050 g/mol. The quantitative estimate of drug-likeness (QED) is 0.0136. The van der Waals surface area contributed by atoms with Crippen LogP contribution in [-0.2, 0) is 52.5 Å². The van der Waals surface area contributed by atoms with Gasteiger partial charge in [0.2, 0.25) is 0 Å². The van der Waals surface area contributed by atoms with E-state index in [-0.39, 0.29) is 48.9 Å². The van der Waals surface area contributed by atoms with E-state index in [4.69, 9.17) is 39.4 Å². The number of carboxylic acids is 2. The van der Waals surface area contributed by atoms with E-state index < -0.39 is 17.9 Å².